The van der Waals surface area contributed by atoms with E-state index in [1.165, 1.54) is 35.5 Å². The fourth-order valence-corrected chi connectivity index (χ4v) is 6.30. The first-order chi connectivity index (χ1) is 16.9. The summed E-state index contributed by atoms with van der Waals surface area (Å²) in [5.41, 5.74) is 6.65. The molecule has 1 amide bonds. The lowest BCUT2D eigenvalue weighted by atomic mass is 9.82. The van der Waals surface area contributed by atoms with Gasteiger partial charge in [-0.3, -0.25) is 9.69 Å². The molecule has 2 fully saturated rings. The number of benzene rings is 1. The van der Waals surface area contributed by atoms with Crippen molar-refractivity contribution < 1.29 is 18.8 Å². The number of thiazole rings is 1. The number of nitrogen functional groups attached to an aromatic ring is 1. The van der Waals surface area contributed by atoms with Gasteiger partial charge in [0.1, 0.15) is 24.3 Å². The highest BCUT2D eigenvalue weighted by Crippen LogP contribution is 2.40. The minimum atomic E-state index is -0.447. The SMILES string of the molecule is CO/N=C1\CC2(CCN(C(=O)C[C@@H]3CCCN(Cc4cnc(N)s4)C3)CC2)Oc2ccc(F)cc21. The highest BCUT2D eigenvalue weighted by molar-refractivity contribution is 7.15. The molecule has 2 aromatic rings. The molecule has 0 radical (unpaired) electrons. The number of nitrogens with two attached hydrogens (primary N) is 1. The zero-order valence-electron chi connectivity index (χ0n) is 20.0. The number of amides is 1. The Balaban J connectivity index is 1.17. The minimum Gasteiger partial charge on any atom is -0.486 e. The molecule has 10 heteroatoms. The van der Waals surface area contributed by atoms with E-state index in [0.29, 0.717) is 66.8 Å². The molecule has 1 aromatic carbocycles. The number of oxime groups is 1. The average molecular weight is 502 g/mol. The molecule has 2 saturated heterocycles. The second kappa shape index (κ2) is 10.1. The smallest absolute Gasteiger partial charge is 0.222 e. The molecule has 1 atom stereocenters. The maximum atomic E-state index is 13.8. The summed E-state index contributed by atoms with van der Waals surface area (Å²) >= 11 is 1.53. The van der Waals surface area contributed by atoms with Gasteiger partial charge in [0.05, 0.1) is 5.71 Å². The zero-order valence-corrected chi connectivity index (χ0v) is 20.9. The first-order valence-electron chi connectivity index (χ1n) is 12.2. The van der Waals surface area contributed by atoms with Crippen LogP contribution in [-0.2, 0) is 16.2 Å². The monoisotopic (exact) mass is 501 g/mol. The lowest BCUT2D eigenvalue weighted by Gasteiger charge is -2.45. The molecule has 1 aromatic heterocycles. The van der Waals surface area contributed by atoms with Gasteiger partial charge in [0, 0.05) is 68.5 Å². The van der Waals surface area contributed by atoms with Crippen molar-refractivity contribution in [3.05, 3.63) is 40.7 Å². The minimum absolute atomic E-state index is 0.220. The fourth-order valence-electron chi connectivity index (χ4n) is 5.57. The van der Waals surface area contributed by atoms with E-state index in [4.69, 9.17) is 15.3 Å². The highest BCUT2D eigenvalue weighted by atomic mass is 32.1. The highest BCUT2D eigenvalue weighted by Gasteiger charge is 2.43. The van der Waals surface area contributed by atoms with Crippen LogP contribution < -0.4 is 10.5 Å². The summed E-state index contributed by atoms with van der Waals surface area (Å²) in [5.74, 6) is 0.881. The predicted octanol–water partition coefficient (Wildman–Crippen LogP) is 3.66. The van der Waals surface area contributed by atoms with Crippen molar-refractivity contribution >= 4 is 28.1 Å². The summed E-state index contributed by atoms with van der Waals surface area (Å²) in [6.45, 7) is 4.11. The molecular formula is C25H32FN5O3S. The molecule has 188 valence electrons. The van der Waals surface area contributed by atoms with Crippen molar-refractivity contribution in [2.24, 2.45) is 11.1 Å². The molecule has 0 aliphatic carbocycles. The van der Waals surface area contributed by atoms with Crippen LogP contribution in [0.15, 0.2) is 29.6 Å². The van der Waals surface area contributed by atoms with Crippen molar-refractivity contribution in [3.8, 4) is 5.75 Å². The van der Waals surface area contributed by atoms with Gasteiger partial charge in [0.2, 0.25) is 5.91 Å². The van der Waals surface area contributed by atoms with Crippen molar-refractivity contribution in [2.75, 3.05) is 39.0 Å². The maximum Gasteiger partial charge on any atom is 0.222 e. The lowest BCUT2D eigenvalue weighted by Crippen LogP contribution is -2.52. The molecule has 0 unspecified atom stereocenters. The molecule has 0 bridgehead atoms. The Hall–Kier alpha value is -2.72. The summed E-state index contributed by atoms with van der Waals surface area (Å²) in [4.78, 5) is 27.9. The third-order valence-corrected chi connectivity index (χ3v) is 8.13. The topological polar surface area (TPSA) is 93.3 Å². The summed E-state index contributed by atoms with van der Waals surface area (Å²) in [6, 6.07) is 4.50. The summed E-state index contributed by atoms with van der Waals surface area (Å²) in [7, 11) is 1.49. The van der Waals surface area contributed by atoms with Crippen molar-refractivity contribution in [1.82, 2.24) is 14.8 Å². The molecule has 3 aliphatic rings. The van der Waals surface area contributed by atoms with Gasteiger partial charge in [-0.15, -0.1) is 11.3 Å². The number of halogens is 1. The van der Waals surface area contributed by atoms with Crippen LogP contribution in [-0.4, -0.2) is 65.3 Å². The molecule has 4 heterocycles. The van der Waals surface area contributed by atoms with Crippen LogP contribution >= 0.6 is 11.3 Å². The van der Waals surface area contributed by atoms with Crippen LogP contribution in [0.25, 0.3) is 0 Å². The van der Waals surface area contributed by atoms with E-state index in [9.17, 15) is 9.18 Å². The number of ether oxygens (including phenoxy) is 1. The number of piperidine rings is 2. The zero-order chi connectivity index (χ0) is 24.4. The van der Waals surface area contributed by atoms with Crippen molar-refractivity contribution in [1.29, 1.82) is 0 Å². The van der Waals surface area contributed by atoms with Crippen molar-refractivity contribution in [2.45, 2.75) is 50.7 Å². The van der Waals surface area contributed by atoms with E-state index >= 15 is 0 Å². The fraction of sp³-hybridized carbons (Fsp3) is 0.560. The van der Waals surface area contributed by atoms with E-state index in [1.54, 1.807) is 6.07 Å². The Morgan fingerprint density at radius 3 is 2.94 bits per heavy atom. The number of rotatable bonds is 5. The van der Waals surface area contributed by atoms with Gasteiger partial charge in [0.15, 0.2) is 5.13 Å². The molecule has 3 aliphatic heterocycles. The van der Waals surface area contributed by atoms with E-state index in [2.05, 4.69) is 15.0 Å². The standard InChI is InChI=1S/C25H32FN5O3S/c1-33-29-21-13-25(34-22-5-4-18(26)12-20(21)22)6-9-31(10-7-25)23(32)11-17-3-2-8-30(15-17)16-19-14-28-24(27)35-19/h4-5,12,14,17H,2-3,6-11,13,15-16H2,1H3,(H2,27,28)/b29-21+/t17-/m0/s1. The average Bonchev–Trinajstić information content (AvgIpc) is 3.25. The van der Waals surface area contributed by atoms with E-state index in [1.807, 2.05) is 11.1 Å². The second-order valence-corrected chi connectivity index (χ2v) is 11.0. The number of hydrogen-bond donors (Lipinski definition) is 1. The summed E-state index contributed by atoms with van der Waals surface area (Å²) < 4.78 is 20.2. The largest absolute Gasteiger partial charge is 0.486 e. The van der Waals surface area contributed by atoms with Crippen LogP contribution in [0.3, 0.4) is 0 Å². The molecular weight excluding hydrogens is 469 g/mol. The third-order valence-electron chi connectivity index (χ3n) is 7.31. The number of hydrogen-bond acceptors (Lipinski definition) is 8. The normalized spacial score (nSPS) is 23.2. The lowest BCUT2D eigenvalue weighted by molar-refractivity contribution is -0.136. The van der Waals surface area contributed by atoms with Gasteiger partial charge in [-0.25, -0.2) is 9.37 Å². The number of aromatic nitrogens is 1. The Morgan fingerprint density at radius 2 is 2.20 bits per heavy atom. The van der Waals surface area contributed by atoms with E-state index in [-0.39, 0.29) is 11.7 Å². The van der Waals surface area contributed by atoms with E-state index < -0.39 is 5.60 Å². The molecule has 8 nitrogen and oxygen atoms in total. The van der Waals surface area contributed by atoms with Gasteiger partial charge in [-0.2, -0.15) is 0 Å². The second-order valence-electron chi connectivity index (χ2n) is 9.82. The van der Waals surface area contributed by atoms with Gasteiger partial charge >= 0.3 is 0 Å². The van der Waals surface area contributed by atoms with Crippen LogP contribution in [0, 0.1) is 11.7 Å². The van der Waals surface area contributed by atoms with Crippen LogP contribution in [0.5, 0.6) is 5.75 Å². The van der Waals surface area contributed by atoms with Gasteiger partial charge < -0.3 is 20.2 Å². The first kappa shape index (κ1) is 24.0. The molecule has 1 spiro atoms. The number of likely N-dealkylation sites (tertiary alicyclic amines) is 2. The predicted molar refractivity (Wildman–Crippen MR) is 133 cm³/mol. The number of nitrogens with zero attached hydrogens (tertiary/aromatic N) is 4. The Labute approximate surface area is 208 Å². The third kappa shape index (κ3) is 5.43. The van der Waals surface area contributed by atoms with Gasteiger partial charge in [0.25, 0.3) is 0 Å². The number of carbonyl (C=O) groups is 1. The Bertz CT molecular complexity index is 1100. The quantitative estimate of drug-likeness (QED) is 0.629. The van der Waals surface area contributed by atoms with Crippen LogP contribution in [0.2, 0.25) is 0 Å². The van der Waals surface area contributed by atoms with Gasteiger partial charge in [-0.05, 0) is 43.5 Å². The Kier molecular flexibility index (Phi) is 6.93. The van der Waals surface area contributed by atoms with Crippen LogP contribution in [0.4, 0.5) is 9.52 Å². The van der Waals surface area contributed by atoms with Crippen LogP contribution in [0.1, 0.15) is 49.0 Å². The Morgan fingerprint density at radius 1 is 1.37 bits per heavy atom. The number of fused-ring (bicyclic) bond motifs is 1. The molecule has 5 rings (SSSR count). The summed E-state index contributed by atoms with van der Waals surface area (Å²) in [6.07, 6.45) is 6.57. The van der Waals surface area contributed by atoms with E-state index in [0.717, 1.165) is 32.5 Å². The molecule has 0 saturated carbocycles. The first-order valence-corrected chi connectivity index (χ1v) is 13.0. The van der Waals surface area contributed by atoms with Gasteiger partial charge in [-0.1, -0.05) is 5.16 Å². The number of carbonyl (C=O) groups excluding carboxylic acids is 1. The summed E-state index contributed by atoms with van der Waals surface area (Å²) in [5, 5.41) is 4.76. The number of anilines is 1. The molecule has 35 heavy (non-hydrogen) atoms. The maximum absolute atomic E-state index is 13.8. The molecule has 2 N–H and O–H groups in total. The van der Waals surface area contributed by atoms with Crippen molar-refractivity contribution in [3.63, 3.8) is 0 Å².